The van der Waals surface area contributed by atoms with Gasteiger partial charge in [-0.1, -0.05) is 111 Å². The van der Waals surface area contributed by atoms with Gasteiger partial charge in [0, 0.05) is 26.2 Å². The lowest BCUT2D eigenvalue weighted by molar-refractivity contribution is 0.486. The number of nitrogens with zero attached hydrogens (tertiary/aromatic N) is 1. The first-order valence-electron chi connectivity index (χ1n) is 18.3. The molecule has 4 heteroatoms. The Morgan fingerprint density at radius 2 is 1.34 bits per heavy atom. The Hall–Kier alpha value is -4.28. The van der Waals surface area contributed by atoms with Gasteiger partial charge >= 0.3 is 0 Å². The van der Waals surface area contributed by atoms with Gasteiger partial charge in [-0.05, 0) is 121 Å². The number of ether oxygens (including phenoxy) is 1. The molecule has 0 unspecified atom stereocenters. The van der Waals surface area contributed by atoms with E-state index in [1.165, 1.54) is 81.8 Å². The topological polar surface area (TPSA) is 12.5 Å². The zero-order valence-electron chi connectivity index (χ0n) is 30.9. The third-order valence-electron chi connectivity index (χ3n) is 11.3. The lowest BCUT2D eigenvalue weighted by Gasteiger charge is -2.39. The van der Waals surface area contributed by atoms with Crippen LogP contribution in [0.3, 0.4) is 0 Å². The van der Waals surface area contributed by atoms with Gasteiger partial charge in [-0.2, -0.15) is 0 Å². The van der Waals surface area contributed by atoms with E-state index in [4.69, 9.17) is 4.74 Å². The van der Waals surface area contributed by atoms with E-state index in [1.54, 1.807) is 0 Å². The van der Waals surface area contributed by atoms with Crippen molar-refractivity contribution in [2.24, 2.45) is 0 Å². The molecule has 0 N–H and O–H groups in total. The van der Waals surface area contributed by atoms with Crippen LogP contribution in [0.1, 0.15) is 90.1 Å². The highest BCUT2D eigenvalue weighted by Crippen LogP contribution is 2.49. The summed E-state index contributed by atoms with van der Waals surface area (Å²) in [6, 6.07) is 35.1. The summed E-state index contributed by atoms with van der Waals surface area (Å²) in [5, 5.41) is 1.33. The highest BCUT2D eigenvalue weighted by atomic mass is 32.1. The maximum atomic E-state index is 7.02. The second-order valence-corrected chi connectivity index (χ2v) is 18.9. The van der Waals surface area contributed by atoms with E-state index >= 15 is 0 Å². The SMILES string of the molecule is CC(C)(C)c1ccc(N2c3cc(-c4cccc5c4CC5)cc4c3B(c3cc(C(C)(C)C)ccc3O4)c3sc4ccc(C(C)(C)C)cc4c32)cc1. The molecule has 6 aromatic rings. The van der Waals surface area contributed by atoms with Crippen LogP contribution in [0.25, 0.3) is 21.2 Å². The predicted octanol–water partition coefficient (Wildman–Crippen LogP) is 11.0. The molecule has 2 aliphatic heterocycles. The van der Waals surface area contributed by atoms with Crippen LogP contribution in [0.15, 0.2) is 91.0 Å². The highest BCUT2D eigenvalue weighted by Gasteiger charge is 2.45. The lowest BCUT2D eigenvalue weighted by Crippen LogP contribution is -2.58. The van der Waals surface area contributed by atoms with Gasteiger partial charge in [-0.25, -0.2) is 0 Å². The molecule has 1 aromatic heterocycles. The van der Waals surface area contributed by atoms with Crippen LogP contribution < -0.4 is 25.3 Å². The minimum absolute atomic E-state index is 0.0251. The van der Waals surface area contributed by atoms with Crippen molar-refractivity contribution in [1.29, 1.82) is 0 Å². The van der Waals surface area contributed by atoms with Crippen molar-refractivity contribution in [2.75, 3.05) is 4.90 Å². The fourth-order valence-corrected chi connectivity index (χ4v) is 9.52. The Balaban J connectivity index is 1.38. The molecule has 3 aliphatic rings. The molecule has 0 saturated heterocycles. The second-order valence-electron chi connectivity index (χ2n) is 17.8. The first-order valence-corrected chi connectivity index (χ1v) is 19.1. The highest BCUT2D eigenvalue weighted by molar-refractivity contribution is 7.33. The van der Waals surface area contributed by atoms with Crippen molar-refractivity contribution < 1.29 is 4.74 Å². The summed E-state index contributed by atoms with van der Waals surface area (Å²) in [6.07, 6.45) is 2.29. The zero-order valence-corrected chi connectivity index (χ0v) is 31.7. The van der Waals surface area contributed by atoms with E-state index in [-0.39, 0.29) is 23.0 Å². The van der Waals surface area contributed by atoms with Gasteiger partial charge in [0.05, 0.1) is 5.69 Å². The minimum Gasteiger partial charge on any atom is -0.458 e. The smallest absolute Gasteiger partial charge is 0.268 e. The van der Waals surface area contributed by atoms with Crippen LogP contribution in [0, 0.1) is 0 Å². The van der Waals surface area contributed by atoms with Crippen molar-refractivity contribution in [3.63, 3.8) is 0 Å². The van der Waals surface area contributed by atoms with Gasteiger partial charge < -0.3 is 9.64 Å². The molecule has 1 aliphatic carbocycles. The molecule has 0 saturated carbocycles. The van der Waals surface area contributed by atoms with Crippen LogP contribution in [-0.4, -0.2) is 6.71 Å². The maximum absolute atomic E-state index is 7.02. The van der Waals surface area contributed by atoms with E-state index in [9.17, 15) is 0 Å². The van der Waals surface area contributed by atoms with Crippen LogP contribution in [0.5, 0.6) is 11.5 Å². The number of hydrogen-bond acceptors (Lipinski definition) is 3. The summed E-state index contributed by atoms with van der Waals surface area (Å²) in [6.45, 7) is 20.8. The van der Waals surface area contributed by atoms with Gasteiger partial charge in [0.1, 0.15) is 11.5 Å². The molecule has 0 spiro atoms. The number of anilines is 3. The van der Waals surface area contributed by atoms with Crippen molar-refractivity contribution in [2.45, 2.75) is 91.4 Å². The fraction of sp³-hybridized carbons (Fsp3) is 0.304. The molecule has 250 valence electrons. The molecule has 0 bridgehead atoms. The molecule has 0 radical (unpaired) electrons. The van der Waals surface area contributed by atoms with E-state index in [2.05, 4.69) is 158 Å². The molecule has 0 atom stereocenters. The number of fused-ring (bicyclic) bond motifs is 7. The van der Waals surface area contributed by atoms with Gasteiger partial charge in [0.15, 0.2) is 0 Å². The van der Waals surface area contributed by atoms with Gasteiger partial charge in [-0.3, -0.25) is 0 Å². The third kappa shape index (κ3) is 4.82. The Morgan fingerprint density at radius 3 is 2.02 bits per heavy atom. The Bertz CT molecular complexity index is 2360. The lowest BCUT2D eigenvalue weighted by atomic mass is 9.36. The monoisotopic (exact) mass is 671 g/mol. The predicted molar refractivity (Wildman–Crippen MR) is 217 cm³/mol. The zero-order chi connectivity index (χ0) is 34.9. The average molecular weight is 672 g/mol. The summed E-state index contributed by atoms with van der Waals surface area (Å²) < 4.78 is 9.75. The summed E-state index contributed by atoms with van der Waals surface area (Å²) in [5.41, 5.74) is 16.0. The quantitative estimate of drug-likeness (QED) is 0.170. The molecular formula is C46H46BNOS. The minimum atomic E-state index is 0.0251. The van der Waals surface area contributed by atoms with E-state index < -0.39 is 0 Å². The molecule has 0 amide bonds. The molecule has 0 fully saturated rings. The van der Waals surface area contributed by atoms with Crippen molar-refractivity contribution >= 4 is 60.9 Å². The number of benzene rings is 5. The van der Waals surface area contributed by atoms with Crippen molar-refractivity contribution in [3.05, 3.63) is 119 Å². The molecular weight excluding hydrogens is 625 g/mol. The number of aryl methyl sites for hydroxylation is 1. The molecule has 2 nitrogen and oxygen atoms in total. The Kier molecular flexibility index (Phi) is 6.73. The number of rotatable bonds is 2. The maximum Gasteiger partial charge on any atom is 0.268 e. The molecule has 9 rings (SSSR count). The van der Waals surface area contributed by atoms with Gasteiger partial charge in [-0.15, -0.1) is 11.3 Å². The van der Waals surface area contributed by atoms with Crippen LogP contribution in [-0.2, 0) is 29.1 Å². The molecule has 5 aromatic carbocycles. The average Bonchev–Trinajstić information content (AvgIpc) is 3.42. The van der Waals surface area contributed by atoms with Crippen LogP contribution >= 0.6 is 11.3 Å². The number of hydrogen-bond donors (Lipinski definition) is 0. The first kappa shape index (κ1) is 31.7. The van der Waals surface area contributed by atoms with Crippen LogP contribution in [0.2, 0.25) is 0 Å². The normalized spacial score (nSPS) is 14.8. The van der Waals surface area contributed by atoms with Gasteiger partial charge in [0.2, 0.25) is 0 Å². The van der Waals surface area contributed by atoms with E-state index in [1.807, 2.05) is 11.3 Å². The molecule has 50 heavy (non-hydrogen) atoms. The Morgan fingerprint density at radius 1 is 0.660 bits per heavy atom. The van der Waals surface area contributed by atoms with E-state index in [0.717, 1.165) is 24.3 Å². The van der Waals surface area contributed by atoms with Crippen molar-refractivity contribution in [1.82, 2.24) is 0 Å². The van der Waals surface area contributed by atoms with Crippen LogP contribution in [0.4, 0.5) is 17.1 Å². The number of thiophene rings is 1. The summed E-state index contributed by atoms with van der Waals surface area (Å²) >= 11 is 1.96. The van der Waals surface area contributed by atoms with E-state index in [0.29, 0.717) is 0 Å². The Labute approximate surface area is 302 Å². The molecule has 3 heterocycles. The third-order valence-corrected chi connectivity index (χ3v) is 12.5. The summed E-state index contributed by atoms with van der Waals surface area (Å²) in [7, 11) is 0. The summed E-state index contributed by atoms with van der Waals surface area (Å²) in [5.74, 6) is 1.95. The largest absolute Gasteiger partial charge is 0.458 e. The summed E-state index contributed by atoms with van der Waals surface area (Å²) in [4.78, 5) is 2.57. The fourth-order valence-electron chi connectivity index (χ4n) is 8.22. The second kappa shape index (κ2) is 10.6. The standard InChI is InChI=1S/C46H46BNOS/c1-44(2,3)29-14-18-32(19-15-29)48-37-23-28(33-12-10-11-27-13-20-34(27)33)24-39-41(37)47(36-26-31(46(7,8)9)16-21-38(36)49-39)43-42(48)35-25-30(45(4,5)6)17-22-40(35)50-43/h10-12,14-19,21-26H,13,20H2,1-9H3. The first-order chi connectivity index (χ1) is 23.7. The van der Waals surface area contributed by atoms with Gasteiger partial charge in [0.25, 0.3) is 6.71 Å². The van der Waals surface area contributed by atoms with Crippen molar-refractivity contribution in [3.8, 4) is 22.6 Å².